The van der Waals surface area contributed by atoms with Crippen LogP contribution in [0.1, 0.15) is 6.92 Å². The van der Waals surface area contributed by atoms with Gasteiger partial charge in [-0.25, -0.2) is 0 Å². The van der Waals surface area contributed by atoms with Crippen molar-refractivity contribution in [3.63, 3.8) is 0 Å². The van der Waals surface area contributed by atoms with E-state index in [0.717, 1.165) is 0 Å². The van der Waals surface area contributed by atoms with Crippen LogP contribution in [0.5, 0.6) is 0 Å². The largest absolute Gasteiger partial charge is 0.389 e. The molecule has 0 saturated heterocycles. The van der Waals surface area contributed by atoms with E-state index in [1.165, 1.54) is 0 Å². The van der Waals surface area contributed by atoms with Gasteiger partial charge in [0.15, 0.2) is 0 Å². The molecule has 0 aliphatic carbocycles. The number of rotatable bonds is 3. The van der Waals surface area contributed by atoms with Gasteiger partial charge in [-0.05, 0) is 6.92 Å². The second-order valence-electron chi connectivity index (χ2n) is 5.82. The standard InChI is InChI=1S/C10H24OSi2/c1-9(11)8-10(12(2,3)4)13(5,6)7/h8-9,11H,1-7H3. The van der Waals surface area contributed by atoms with Gasteiger partial charge in [-0.15, -0.1) is 0 Å². The molecule has 1 nitrogen and oxygen atoms in total. The van der Waals surface area contributed by atoms with Gasteiger partial charge in [0.05, 0.1) is 22.3 Å². The summed E-state index contributed by atoms with van der Waals surface area (Å²) in [6.07, 6.45) is 1.81. The summed E-state index contributed by atoms with van der Waals surface area (Å²) in [5, 5.41) is 9.42. The molecule has 0 rings (SSSR count). The molecule has 0 saturated carbocycles. The third kappa shape index (κ3) is 4.79. The van der Waals surface area contributed by atoms with Crippen LogP contribution in [-0.4, -0.2) is 27.4 Å². The maximum Gasteiger partial charge on any atom is 0.0688 e. The fourth-order valence-electron chi connectivity index (χ4n) is 1.87. The molecule has 0 aliphatic rings. The highest BCUT2D eigenvalue weighted by Gasteiger charge is 2.30. The molecule has 0 aliphatic heterocycles. The van der Waals surface area contributed by atoms with Gasteiger partial charge in [-0.1, -0.05) is 50.2 Å². The van der Waals surface area contributed by atoms with E-state index in [9.17, 15) is 5.11 Å². The van der Waals surface area contributed by atoms with Crippen LogP contribution >= 0.6 is 0 Å². The lowest BCUT2D eigenvalue weighted by molar-refractivity contribution is 0.244. The first-order valence-corrected chi connectivity index (χ1v) is 12.0. The Labute approximate surface area is 84.9 Å². The van der Waals surface area contributed by atoms with E-state index in [4.69, 9.17) is 0 Å². The maximum atomic E-state index is 9.42. The van der Waals surface area contributed by atoms with Crippen molar-refractivity contribution in [1.29, 1.82) is 0 Å². The smallest absolute Gasteiger partial charge is 0.0688 e. The zero-order valence-electron chi connectivity index (χ0n) is 10.1. The van der Waals surface area contributed by atoms with Crippen molar-refractivity contribution in [2.45, 2.75) is 52.3 Å². The molecule has 0 aromatic heterocycles. The van der Waals surface area contributed by atoms with Crippen molar-refractivity contribution >= 4 is 16.1 Å². The zero-order valence-corrected chi connectivity index (χ0v) is 12.1. The molecule has 0 bridgehead atoms. The summed E-state index contributed by atoms with van der Waals surface area (Å²) < 4.78 is 0. The highest BCUT2D eigenvalue weighted by atomic mass is 28.4. The molecule has 3 heteroatoms. The Morgan fingerprint density at radius 1 is 1.00 bits per heavy atom. The first kappa shape index (κ1) is 13.1. The van der Waals surface area contributed by atoms with Crippen LogP contribution in [-0.2, 0) is 0 Å². The van der Waals surface area contributed by atoms with Crippen molar-refractivity contribution in [3.05, 3.63) is 10.9 Å². The van der Waals surface area contributed by atoms with Crippen molar-refractivity contribution in [1.82, 2.24) is 0 Å². The molecule has 0 spiro atoms. The molecule has 0 fully saturated rings. The normalized spacial score (nSPS) is 15.4. The van der Waals surface area contributed by atoms with Crippen LogP contribution in [0.4, 0.5) is 0 Å². The van der Waals surface area contributed by atoms with Crippen molar-refractivity contribution < 1.29 is 5.11 Å². The quantitative estimate of drug-likeness (QED) is 0.719. The second-order valence-corrected chi connectivity index (χ2v) is 16.4. The van der Waals surface area contributed by atoms with E-state index < -0.39 is 16.1 Å². The second kappa shape index (κ2) is 4.11. The maximum absolute atomic E-state index is 9.42. The molecule has 0 amide bonds. The molecule has 1 unspecified atom stereocenters. The predicted molar refractivity (Wildman–Crippen MR) is 66.5 cm³/mol. The van der Waals surface area contributed by atoms with Gasteiger partial charge in [0.1, 0.15) is 0 Å². The molecular weight excluding hydrogens is 192 g/mol. The van der Waals surface area contributed by atoms with E-state index in [0.29, 0.717) is 0 Å². The van der Waals surface area contributed by atoms with Crippen LogP contribution in [0.3, 0.4) is 0 Å². The fourth-order valence-corrected chi connectivity index (χ4v) is 12.3. The monoisotopic (exact) mass is 216 g/mol. The average molecular weight is 216 g/mol. The van der Waals surface area contributed by atoms with Crippen LogP contribution in [0.25, 0.3) is 0 Å². The zero-order chi connectivity index (χ0) is 10.9. The van der Waals surface area contributed by atoms with Crippen molar-refractivity contribution in [2.75, 3.05) is 0 Å². The number of hydrogen-bond donors (Lipinski definition) is 1. The minimum absolute atomic E-state index is 0.284. The third-order valence-corrected chi connectivity index (χ3v) is 10.1. The molecule has 13 heavy (non-hydrogen) atoms. The summed E-state index contributed by atoms with van der Waals surface area (Å²) in [6, 6.07) is 0. The lowest BCUT2D eigenvalue weighted by atomic mass is 10.4. The van der Waals surface area contributed by atoms with E-state index in [1.54, 1.807) is 4.82 Å². The van der Waals surface area contributed by atoms with Crippen molar-refractivity contribution in [2.24, 2.45) is 0 Å². The fraction of sp³-hybridized carbons (Fsp3) is 0.800. The molecule has 0 aromatic rings. The van der Waals surface area contributed by atoms with Gasteiger partial charge >= 0.3 is 0 Å². The Morgan fingerprint density at radius 3 is 1.38 bits per heavy atom. The Kier molecular flexibility index (Phi) is 4.15. The molecular formula is C10H24OSi2. The van der Waals surface area contributed by atoms with E-state index in [-0.39, 0.29) is 6.10 Å². The van der Waals surface area contributed by atoms with E-state index in [2.05, 4.69) is 45.4 Å². The van der Waals surface area contributed by atoms with Crippen LogP contribution in [0, 0.1) is 0 Å². The van der Waals surface area contributed by atoms with Gasteiger partial charge in [0.2, 0.25) is 0 Å². The summed E-state index contributed by atoms with van der Waals surface area (Å²) in [7, 11) is -2.44. The highest BCUT2D eigenvalue weighted by Crippen LogP contribution is 2.25. The van der Waals surface area contributed by atoms with Crippen LogP contribution < -0.4 is 0 Å². The lowest BCUT2D eigenvalue weighted by Crippen LogP contribution is -2.40. The Morgan fingerprint density at radius 2 is 1.31 bits per heavy atom. The molecule has 0 heterocycles. The SMILES string of the molecule is CC(O)C=C([Si](C)(C)C)[Si](C)(C)C. The topological polar surface area (TPSA) is 20.2 Å². The summed E-state index contributed by atoms with van der Waals surface area (Å²) in [5.74, 6) is 0. The van der Waals surface area contributed by atoms with Gasteiger partial charge in [0, 0.05) is 0 Å². The highest BCUT2D eigenvalue weighted by molar-refractivity contribution is 7.04. The predicted octanol–water partition coefficient (Wildman–Crippen LogP) is 3.05. The Bertz CT molecular complexity index is 178. The average Bonchev–Trinajstić information content (AvgIpc) is 1.77. The van der Waals surface area contributed by atoms with Gasteiger partial charge < -0.3 is 5.11 Å². The molecule has 0 aromatic carbocycles. The molecule has 0 radical (unpaired) electrons. The molecule has 1 atom stereocenters. The lowest BCUT2D eigenvalue weighted by Gasteiger charge is -2.32. The minimum atomic E-state index is -1.22. The first-order chi connectivity index (χ1) is 5.55. The molecule has 78 valence electrons. The van der Waals surface area contributed by atoms with Gasteiger partial charge in [-0.2, -0.15) is 0 Å². The third-order valence-electron chi connectivity index (χ3n) is 2.02. The van der Waals surface area contributed by atoms with Crippen LogP contribution in [0.15, 0.2) is 10.9 Å². The minimum Gasteiger partial charge on any atom is -0.389 e. The Hall–Kier alpha value is 0.134. The van der Waals surface area contributed by atoms with Crippen molar-refractivity contribution in [3.8, 4) is 0 Å². The summed E-state index contributed by atoms with van der Waals surface area (Å²) in [5.41, 5.74) is 0. The number of aliphatic hydroxyl groups is 1. The Balaban J connectivity index is 5.01. The first-order valence-electron chi connectivity index (χ1n) is 4.96. The summed E-state index contributed by atoms with van der Waals surface area (Å²) >= 11 is 0. The summed E-state index contributed by atoms with van der Waals surface area (Å²) in [6.45, 7) is 16.0. The van der Waals surface area contributed by atoms with Crippen LogP contribution in [0.2, 0.25) is 39.3 Å². The number of aliphatic hydroxyl groups excluding tert-OH is 1. The molecule has 1 N–H and O–H groups in total. The van der Waals surface area contributed by atoms with Gasteiger partial charge in [0.25, 0.3) is 0 Å². The van der Waals surface area contributed by atoms with E-state index >= 15 is 0 Å². The summed E-state index contributed by atoms with van der Waals surface area (Å²) in [4.78, 5) is 1.59. The van der Waals surface area contributed by atoms with E-state index in [1.807, 2.05) is 6.92 Å². The number of hydrogen-bond acceptors (Lipinski definition) is 1. The van der Waals surface area contributed by atoms with Gasteiger partial charge in [-0.3, -0.25) is 0 Å².